The van der Waals surface area contributed by atoms with Gasteiger partial charge in [0, 0.05) is 18.7 Å². The molecule has 1 aliphatic heterocycles. The molecule has 1 heterocycles. The van der Waals surface area contributed by atoms with E-state index in [2.05, 4.69) is 12.1 Å². The Bertz CT molecular complexity index is 1210. The molecule has 2 aromatic rings. The van der Waals surface area contributed by atoms with Crippen molar-refractivity contribution in [2.45, 2.75) is 11.3 Å². The Kier molecular flexibility index (Phi) is 4.56. The summed E-state index contributed by atoms with van der Waals surface area (Å²) in [7, 11) is 4.30. The van der Waals surface area contributed by atoms with Crippen molar-refractivity contribution in [1.82, 2.24) is 0 Å². The van der Waals surface area contributed by atoms with Gasteiger partial charge in [-0.05, 0) is 29.3 Å². The van der Waals surface area contributed by atoms with Crippen LogP contribution >= 0.6 is 0 Å². The SMILES string of the molecule is COC(=O)C1=C[C@@H](c2cccc(OC)c2)C(C#N)(C#N)[C@]12C(=O)N(C)c1ccccc12. The number of methoxy groups -OCH3 is 2. The van der Waals surface area contributed by atoms with Crippen LogP contribution < -0.4 is 9.64 Å². The predicted molar refractivity (Wildman–Crippen MR) is 111 cm³/mol. The quantitative estimate of drug-likeness (QED) is 0.717. The number of para-hydroxylation sites is 1. The third kappa shape index (κ3) is 2.32. The molecule has 0 fully saturated rings. The van der Waals surface area contributed by atoms with Crippen molar-refractivity contribution in [2.24, 2.45) is 5.41 Å². The van der Waals surface area contributed by atoms with Crippen molar-refractivity contribution in [3.63, 3.8) is 0 Å². The van der Waals surface area contributed by atoms with E-state index in [0.717, 1.165) is 0 Å². The molecule has 4 rings (SSSR count). The van der Waals surface area contributed by atoms with E-state index in [1.807, 2.05) is 0 Å². The van der Waals surface area contributed by atoms with Gasteiger partial charge in [0.2, 0.25) is 5.91 Å². The lowest BCUT2D eigenvalue weighted by Gasteiger charge is -2.37. The summed E-state index contributed by atoms with van der Waals surface area (Å²) in [6, 6.07) is 18.1. The number of nitriles is 2. The molecule has 1 amide bonds. The topological polar surface area (TPSA) is 103 Å². The Morgan fingerprint density at radius 3 is 2.45 bits per heavy atom. The van der Waals surface area contributed by atoms with Gasteiger partial charge >= 0.3 is 5.97 Å². The van der Waals surface area contributed by atoms with E-state index in [-0.39, 0.29) is 5.57 Å². The number of carbonyl (C=O) groups excluding carboxylic acids is 2. The average Bonchev–Trinajstić information content (AvgIpc) is 3.25. The molecule has 1 spiro atoms. The van der Waals surface area contributed by atoms with Crippen molar-refractivity contribution >= 4 is 17.6 Å². The number of rotatable bonds is 3. The van der Waals surface area contributed by atoms with E-state index < -0.39 is 28.6 Å². The molecule has 0 saturated heterocycles. The van der Waals surface area contributed by atoms with Crippen LogP contribution in [0.25, 0.3) is 0 Å². The van der Waals surface area contributed by atoms with Crippen LogP contribution in [0, 0.1) is 28.1 Å². The fourth-order valence-electron chi connectivity index (χ4n) is 4.91. The fraction of sp³-hybridized carbons (Fsp3) is 0.250. The van der Waals surface area contributed by atoms with E-state index in [1.165, 1.54) is 25.2 Å². The van der Waals surface area contributed by atoms with Gasteiger partial charge in [0.25, 0.3) is 0 Å². The van der Waals surface area contributed by atoms with Crippen LogP contribution in [0.4, 0.5) is 5.69 Å². The van der Waals surface area contributed by atoms with Crippen molar-refractivity contribution in [3.05, 3.63) is 71.3 Å². The number of esters is 1. The summed E-state index contributed by atoms with van der Waals surface area (Å²) < 4.78 is 10.3. The van der Waals surface area contributed by atoms with Crippen LogP contribution in [0.3, 0.4) is 0 Å². The van der Waals surface area contributed by atoms with Gasteiger partial charge in [-0.15, -0.1) is 0 Å². The predicted octanol–water partition coefficient (Wildman–Crippen LogP) is 2.84. The summed E-state index contributed by atoms with van der Waals surface area (Å²) in [6.45, 7) is 0. The normalized spacial score (nSPS) is 23.0. The Morgan fingerprint density at radius 1 is 1.10 bits per heavy atom. The maximum atomic E-state index is 13.8. The van der Waals surface area contributed by atoms with Crippen molar-refractivity contribution in [1.29, 1.82) is 10.5 Å². The molecule has 154 valence electrons. The van der Waals surface area contributed by atoms with Crippen LogP contribution in [0.15, 0.2) is 60.2 Å². The molecule has 2 aliphatic rings. The summed E-state index contributed by atoms with van der Waals surface area (Å²) in [4.78, 5) is 28.1. The number of fused-ring (bicyclic) bond motifs is 2. The highest BCUT2D eigenvalue weighted by molar-refractivity contribution is 6.17. The van der Waals surface area contributed by atoms with Crippen molar-refractivity contribution in [3.8, 4) is 17.9 Å². The molecular weight excluding hydrogens is 394 g/mol. The number of hydrogen-bond donors (Lipinski definition) is 0. The van der Waals surface area contributed by atoms with E-state index >= 15 is 0 Å². The van der Waals surface area contributed by atoms with E-state index in [4.69, 9.17) is 9.47 Å². The summed E-state index contributed by atoms with van der Waals surface area (Å²) in [6.07, 6.45) is 1.53. The Balaban J connectivity index is 2.11. The second-order valence-electron chi connectivity index (χ2n) is 7.49. The molecule has 0 aromatic heterocycles. The smallest absolute Gasteiger partial charge is 0.334 e. The average molecular weight is 413 g/mol. The van der Waals surface area contributed by atoms with Crippen molar-refractivity contribution < 1.29 is 19.1 Å². The van der Waals surface area contributed by atoms with Crippen LogP contribution in [-0.2, 0) is 19.7 Å². The van der Waals surface area contributed by atoms with E-state index in [1.54, 1.807) is 55.6 Å². The lowest BCUT2D eigenvalue weighted by Crippen LogP contribution is -2.52. The first kappa shape index (κ1) is 20.2. The third-order valence-corrected chi connectivity index (χ3v) is 6.30. The number of likely N-dealkylation sites (N-methyl/N-ethyl adjacent to an activating group) is 1. The van der Waals surface area contributed by atoms with Gasteiger partial charge in [-0.1, -0.05) is 36.4 Å². The minimum Gasteiger partial charge on any atom is -0.497 e. The molecular formula is C24H19N3O4. The summed E-state index contributed by atoms with van der Waals surface area (Å²) in [5.41, 5.74) is -2.17. The first-order chi connectivity index (χ1) is 14.9. The van der Waals surface area contributed by atoms with Gasteiger partial charge < -0.3 is 14.4 Å². The highest BCUT2D eigenvalue weighted by atomic mass is 16.5. The third-order valence-electron chi connectivity index (χ3n) is 6.30. The first-order valence-corrected chi connectivity index (χ1v) is 9.57. The van der Waals surface area contributed by atoms with Crippen LogP contribution in [-0.4, -0.2) is 33.1 Å². The number of benzene rings is 2. The molecule has 0 unspecified atom stereocenters. The highest BCUT2D eigenvalue weighted by Crippen LogP contribution is 2.65. The maximum absolute atomic E-state index is 13.8. The van der Waals surface area contributed by atoms with Crippen LogP contribution in [0.1, 0.15) is 17.0 Å². The summed E-state index contributed by atoms with van der Waals surface area (Å²) in [5, 5.41) is 20.9. The molecule has 7 nitrogen and oxygen atoms in total. The molecule has 1 aliphatic carbocycles. The molecule has 0 saturated carbocycles. The minimum atomic E-state index is -1.92. The number of amides is 1. The van der Waals surface area contributed by atoms with Crippen LogP contribution in [0.2, 0.25) is 0 Å². The van der Waals surface area contributed by atoms with Crippen molar-refractivity contribution in [2.75, 3.05) is 26.2 Å². The monoisotopic (exact) mass is 413 g/mol. The number of carbonyl (C=O) groups is 2. The summed E-state index contributed by atoms with van der Waals surface area (Å²) >= 11 is 0. The van der Waals surface area contributed by atoms with Gasteiger partial charge in [-0.25, -0.2) is 4.79 Å². The number of nitrogens with zero attached hydrogens (tertiary/aromatic N) is 3. The molecule has 0 bridgehead atoms. The zero-order chi connectivity index (χ0) is 22.4. The van der Waals surface area contributed by atoms with Gasteiger partial charge in [0.1, 0.15) is 11.2 Å². The first-order valence-electron chi connectivity index (χ1n) is 9.57. The number of ether oxygens (including phenoxy) is 2. The second kappa shape index (κ2) is 7.00. The zero-order valence-electron chi connectivity index (χ0n) is 17.2. The molecule has 2 atom stereocenters. The summed E-state index contributed by atoms with van der Waals surface area (Å²) in [5.74, 6) is -1.60. The van der Waals surface area contributed by atoms with Gasteiger partial charge in [-0.2, -0.15) is 10.5 Å². The molecule has 0 N–H and O–H groups in total. The Morgan fingerprint density at radius 2 is 1.81 bits per heavy atom. The number of hydrogen-bond acceptors (Lipinski definition) is 6. The Labute approximate surface area is 179 Å². The molecule has 7 heteroatoms. The molecule has 2 aromatic carbocycles. The molecule has 0 radical (unpaired) electrons. The zero-order valence-corrected chi connectivity index (χ0v) is 17.2. The van der Waals surface area contributed by atoms with Gasteiger partial charge in [0.15, 0.2) is 5.41 Å². The lowest BCUT2D eigenvalue weighted by molar-refractivity contribution is -0.139. The fourth-order valence-corrected chi connectivity index (χ4v) is 4.91. The van der Waals surface area contributed by atoms with Gasteiger partial charge in [-0.3, -0.25) is 4.79 Å². The minimum absolute atomic E-state index is 0.00674. The maximum Gasteiger partial charge on any atom is 0.334 e. The molecule has 31 heavy (non-hydrogen) atoms. The Hall–Kier alpha value is -4.10. The van der Waals surface area contributed by atoms with E-state index in [0.29, 0.717) is 22.6 Å². The standard InChI is InChI=1S/C24H19N3O4/c1-27-20-10-5-4-9-17(20)24(22(27)29)19(21(28)31-3)12-18(23(24,13-25)14-26)15-7-6-8-16(11-15)30-2/h4-12,18H,1-3H3/t18-,24-/m0/s1. The van der Waals surface area contributed by atoms with Gasteiger partial charge in [0.05, 0.1) is 31.9 Å². The number of allylic oxidation sites excluding steroid dienone is 1. The van der Waals surface area contributed by atoms with Crippen LogP contribution in [0.5, 0.6) is 5.75 Å². The highest BCUT2D eigenvalue weighted by Gasteiger charge is 2.73. The lowest BCUT2D eigenvalue weighted by atomic mass is 9.57. The number of anilines is 1. The van der Waals surface area contributed by atoms with E-state index in [9.17, 15) is 20.1 Å². The largest absolute Gasteiger partial charge is 0.497 e. The second-order valence-corrected chi connectivity index (χ2v) is 7.49.